The van der Waals surface area contributed by atoms with E-state index in [1.54, 1.807) is 4.90 Å². The number of carbonyl (C=O) groups excluding carboxylic acids is 2. The van der Waals surface area contributed by atoms with Gasteiger partial charge < -0.3 is 10.0 Å². The molecule has 0 aromatic heterocycles. The van der Waals surface area contributed by atoms with Gasteiger partial charge in [-0.15, -0.1) is 0 Å². The third-order valence-corrected chi connectivity index (χ3v) is 4.61. The van der Waals surface area contributed by atoms with E-state index in [4.69, 9.17) is 0 Å². The summed E-state index contributed by atoms with van der Waals surface area (Å²) in [5.74, 6) is -2.19. The summed E-state index contributed by atoms with van der Waals surface area (Å²) < 4.78 is 0. The fourth-order valence-corrected chi connectivity index (χ4v) is 3.26. The Hall–Kier alpha value is -2.70. The van der Waals surface area contributed by atoms with Gasteiger partial charge in [-0.2, -0.15) is 5.10 Å². The summed E-state index contributed by atoms with van der Waals surface area (Å²) >= 11 is 0. The van der Waals surface area contributed by atoms with Crippen LogP contribution in [0.4, 0.5) is 0 Å². The lowest BCUT2D eigenvalue weighted by Crippen LogP contribution is -2.40. The van der Waals surface area contributed by atoms with Crippen molar-refractivity contribution in [3.05, 3.63) is 35.9 Å². The van der Waals surface area contributed by atoms with Crippen LogP contribution >= 0.6 is 0 Å². The molecular weight excluding hydrogens is 310 g/mol. The van der Waals surface area contributed by atoms with E-state index >= 15 is 0 Å². The van der Waals surface area contributed by atoms with Gasteiger partial charge in [0.15, 0.2) is 0 Å². The molecule has 0 spiro atoms. The fourth-order valence-electron chi connectivity index (χ4n) is 3.26. The Kier molecular flexibility index (Phi) is 4.33. The zero-order valence-electron chi connectivity index (χ0n) is 13.4. The molecule has 3 rings (SSSR count). The van der Waals surface area contributed by atoms with Crippen molar-refractivity contribution < 1.29 is 19.5 Å². The van der Waals surface area contributed by atoms with Crippen LogP contribution in [0.5, 0.6) is 0 Å². The number of carboxylic acids is 1. The van der Waals surface area contributed by atoms with Crippen molar-refractivity contribution in [3.63, 3.8) is 0 Å². The maximum absolute atomic E-state index is 12.7. The van der Waals surface area contributed by atoms with E-state index in [9.17, 15) is 19.5 Å². The minimum absolute atomic E-state index is 0.126. The SMILES string of the molecule is CN1N=C(C(=O)N2C[C@@H](C(=O)O)[C@H](c3ccccc3)C2)CCC1=O. The van der Waals surface area contributed by atoms with Gasteiger partial charge in [0.05, 0.1) is 5.92 Å². The zero-order chi connectivity index (χ0) is 17.3. The van der Waals surface area contributed by atoms with E-state index in [0.29, 0.717) is 18.7 Å². The highest BCUT2D eigenvalue weighted by Gasteiger charge is 2.41. The van der Waals surface area contributed by atoms with Crippen molar-refractivity contribution in [2.24, 2.45) is 11.0 Å². The normalized spacial score (nSPS) is 24.0. The van der Waals surface area contributed by atoms with Crippen LogP contribution < -0.4 is 0 Å². The first kappa shape index (κ1) is 16.2. The van der Waals surface area contributed by atoms with E-state index in [0.717, 1.165) is 5.56 Å². The lowest BCUT2D eigenvalue weighted by atomic mass is 9.89. The van der Waals surface area contributed by atoms with E-state index < -0.39 is 11.9 Å². The summed E-state index contributed by atoms with van der Waals surface area (Å²) in [7, 11) is 1.52. The van der Waals surface area contributed by atoms with Gasteiger partial charge in [0.25, 0.3) is 5.91 Å². The molecule has 2 amide bonds. The minimum atomic E-state index is -0.906. The Balaban J connectivity index is 1.81. The topological polar surface area (TPSA) is 90.3 Å². The maximum atomic E-state index is 12.7. The highest BCUT2D eigenvalue weighted by atomic mass is 16.4. The van der Waals surface area contributed by atoms with E-state index in [2.05, 4.69) is 5.10 Å². The zero-order valence-corrected chi connectivity index (χ0v) is 13.4. The van der Waals surface area contributed by atoms with Crippen LogP contribution in [0, 0.1) is 5.92 Å². The molecule has 0 aliphatic carbocycles. The Morgan fingerprint density at radius 1 is 1.17 bits per heavy atom. The van der Waals surface area contributed by atoms with Crippen LogP contribution in [0.2, 0.25) is 0 Å². The summed E-state index contributed by atoms with van der Waals surface area (Å²) in [6.07, 6.45) is 0.547. The molecule has 0 saturated carbocycles. The average molecular weight is 329 g/mol. The number of amides is 2. The second kappa shape index (κ2) is 6.43. The molecule has 126 valence electrons. The highest BCUT2D eigenvalue weighted by molar-refractivity contribution is 6.39. The number of carbonyl (C=O) groups is 3. The van der Waals surface area contributed by atoms with Crippen molar-refractivity contribution in [2.45, 2.75) is 18.8 Å². The number of hydrogen-bond acceptors (Lipinski definition) is 4. The molecule has 2 aliphatic rings. The largest absolute Gasteiger partial charge is 0.481 e. The second-order valence-corrected chi connectivity index (χ2v) is 6.14. The molecule has 2 aliphatic heterocycles. The maximum Gasteiger partial charge on any atom is 0.308 e. The minimum Gasteiger partial charge on any atom is -0.481 e. The first-order valence-corrected chi connectivity index (χ1v) is 7.88. The number of aliphatic carboxylic acids is 1. The van der Waals surface area contributed by atoms with Crippen LogP contribution in [0.3, 0.4) is 0 Å². The first-order chi connectivity index (χ1) is 11.5. The van der Waals surface area contributed by atoms with E-state index in [1.165, 1.54) is 12.1 Å². The van der Waals surface area contributed by atoms with Gasteiger partial charge in [0.2, 0.25) is 5.91 Å². The third-order valence-electron chi connectivity index (χ3n) is 4.61. The molecule has 1 saturated heterocycles. The van der Waals surface area contributed by atoms with E-state index in [1.807, 2.05) is 30.3 Å². The number of likely N-dealkylation sites (tertiary alicyclic amines) is 1. The van der Waals surface area contributed by atoms with Crippen molar-refractivity contribution >= 4 is 23.5 Å². The molecule has 7 heteroatoms. The Morgan fingerprint density at radius 2 is 1.88 bits per heavy atom. The van der Waals surface area contributed by atoms with Gasteiger partial charge in [-0.3, -0.25) is 14.4 Å². The lowest BCUT2D eigenvalue weighted by molar-refractivity contribution is -0.141. The fraction of sp³-hybridized carbons (Fsp3) is 0.412. The molecule has 2 atom stereocenters. The Bertz CT molecular complexity index is 701. The Labute approximate surface area is 139 Å². The van der Waals surface area contributed by atoms with Crippen molar-refractivity contribution in [1.29, 1.82) is 0 Å². The van der Waals surface area contributed by atoms with Crippen LogP contribution in [0.1, 0.15) is 24.3 Å². The number of rotatable bonds is 3. The second-order valence-electron chi connectivity index (χ2n) is 6.14. The van der Waals surface area contributed by atoms with Crippen molar-refractivity contribution in [1.82, 2.24) is 9.91 Å². The first-order valence-electron chi connectivity index (χ1n) is 7.88. The predicted octanol–water partition coefficient (Wildman–Crippen LogP) is 0.921. The number of hydrogen-bond donors (Lipinski definition) is 1. The molecule has 1 N–H and O–H groups in total. The number of nitrogens with zero attached hydrogens (tertiary/aromatic N) is 3. The number of hydrazone groups is 1. The van der Waals surface area contributed by atoms with Gasteiger partial charge in [0.1, 0.15) is 5.71 Å². The van der Waals surface area contributed by atoms with Crippen LogP contribution in [0.25, 0.3) is 0 Å². The quantitative estimate of drug-likeness (QED) is 0.893. The van der Waals surface area contributed by atoms with Gasteiger partial charge in [-0.25, -0.2) is 5.01 Å². The molecular formula is C17H19N3O4. The standard InChI is InChI=1S/C17H19N3O4/c1-19-15(21)8-7-14(18-19)16(22)20-9-12(13(10-20)17(23)24)11-5-3-2-4-6-11/h2-6,12-13H,7-10H2,1H3,(H,23,24)/t12-,13+/m0/s1. The molecule has 2 heterocycles. The smallest absolute Gasteiger partial charge is 0.308 e. The highest BCUT2D eigenvalue weighted by Crippen LogP contribution is 2.33. The van der Waals surface area contributed by atoms with Gasteiger partial charge >= 0.3 is 5.97 Å². The molecule has 1 aromatic carbocycles. The van der Waals surface area contributed by atoms with Crippen LogP contribution in [0.15, 0.2) is 35.4 Å². The molecule has 0 unspecified atom stereocenters. The monoisotopic (exact) mass is 329 g/mol. The molecule has 0 bridgehead atoms. The molecule has 7 nitrogen and oxygen atoms in total. The van der Waals surface area contributed by atoms with E-state index in [-0.39, 0.29) is 30.7 Å². The van der Waals surface area contributed by atoms with Gasteiger partial charge in [-0.1, -0.05) is 30.3 Å². The van der Waals surface area contributed by atoms with Crippen molar-refractivity contribution in [2.75, 3.05) is 20.1 Å². The summed E-state index contributed by atoms with van der Waals surface area (Å²) in [4.78, 5) is 37.3. The molecule has 0 radical (unpaired) electrons. The number of carboxylic acid groups (broad SMARTS) is 1. The summed E-state index contributed by atoms with van der Waals surface area (Å²) in [6.45, 7) is 0.501. The Morgan fingerprint density at radius 3 is 2.50 bits per heavy atom. The lowest BCUT2D eigenvalue weighted by Gasteiger charge is -2.22. The van der Waals surface area contributed by atoms with Crippen molar-refractivity contribution in [3.8, 4) is 0 Å². The average Bonchev–Trinajstić information content (AvgIpc) is 3.03. The third kappa shape index (κ3) is 3.02. The van der Waals surface area contributed by atoms with Crippen LogP contribution in [-0.4, -0.2) is 58.6 Å². The molecule has 1 aromatic rings. The van der Waals surface area contributed by atoms with Gasteiger partial charge in [0, 0.05) is 38.9 Å². The molecule has 24 heavy (non-hydrogen) atoms. The predicted molar refractivity (Wildman–Crippen MR) is 86.3 cm³/mol. The van der Waals surface area contributed by atoms with Crippen LogP contribution in [-0.2, 0) is 14.4 Å². The summed E-state index contributed by atoms with van der Waals surface area (Å²) in [5.41, 5.74) is 1.23. The number of benzene rings is 1. The van der Waals surface area contributed by atoms with Gasteiger partial charge in [-0.05, 0) is 5.56 Å². The summed E-state index contributed by atoms with van der Waals surface area (Å²) in [6, 6.07) is 9.38. The summed E-state index contributed by atoms with van der Waals surface area (Å²) in [5, 5.41) is 14.7. The molecule has 1 fully saturated rings.